The minimum atomic E-state index is -0.640. The lowest BCUT2D eigenvalue weighted by atomic mass is 9.95. The zero-order chi connectivity index (χ0) is 24.5. The van der Waals surface area contributed by atoms with Gasteiger partial charge in [0.15, 0.2) is 4.80 Å². The van der Waals surface area contributed by atoms with Crippen LogP contribution in [0.2, 0.25) is 5.02 Å². The van der Waals surface area contributed by atoms with Gasteiger partial charge in [-0.15, -0.1) is 0 Å². The van der Waals surface area contributed by atoms with Crippen molar-refractivity contribution in [3.63, 3.8) is 0 Å². The van der Waals surface area contributed by atoms with Crippen LogP contribution in [0, 0.1) is 0 Å². The number of para-hydroxylation sites is 1. The highest BCUT2D eigenvalue weighted by Crippen LogP contribution is 2.31. The van der Waals surface area contributed by atoms with Crippen LogP contribution in [0.25, 0.3) is 6.08 Å². The molecule has 0 radical (unpaired) electrons. The molecule has 1 aliphatic rings. The summed E-state index contributed by atoms with van der Waals surface area (Å²) in [4.78, 5) is 32.4. The minimum Gasteiger partial charge on any atom is -0.322 e. The quantitative estimate of drug-likeness (QED) is 0.366. The Labute approximate surface area is 218 Å². The monoisotopic (exact) mass is 563 g/mol. The molecule has 0 fully saturated rings. The Morgan fingerprint density at radius 2 is 1.74 bits per heavy atom. The Morgan fingerprint density at radius 1 is 1.06 bits per heavy atom. The molecule has 0 saturated heterocycles. The first kappa shape index (κ1) is 23.5. The number of allylic oxidation sites excluding steroid dienone is 1. The van der Waals surface area contributed by atoms with Crippen molar-refractivity contribution in [3.05, 3.63) is 130 Å². The Hall–Kier alpha value is -3.26. The number of carbonyl (C=O) groups is 1. The van der Waals surface area contributed by atoms with Crippen LogP contribution in [0.15, 0.2) is 104 Å². The second-order valence-electron chi connectivity index (χ2n) is 8.01. The van der Waals surface area contributed by atoms with Gasteiger partial charge in [-0.3, -0.25) is 14.2 Å². The SMILES string of the molecule is CC1=C(C(=O)Nc2ccccc2)C(c2ccc(Cl)cc2)n2c(s/c(=C\c3ccc(Br)cc3)c2=O)=N1. The Balaban J connectivity index is 1.67. The van der Waals surface area contributed by atoms with Crippen LogP contribution in [-0.2, 0) is 4.79 Å². The summed E-state index contributed by atoms with van der Waals surface area (Å²) < 4.78 is 3.11. The number of nitrogens with one attached hydrogen (secondary N) is 1. The highest BCUT2D eigenvalue weighted by molar-refractivity contribution is 9.10. The fourth-order valence-electron chi connectivity index (χ4n) is 4.00. The van der Waals surface area contributed by atoms with E-state index in [1.165, 1.54) is 11.3 Å². The van der Waals surface area contributed by atoms with Crippen LogP contribution >= 0.6 is 38.9 Å². The maximum Gasteiger partial charge on any atom is 0.271 e. The van der Waals surface area contributed by atoms with Gasteiger partial charge in [0.05, 0.1) is 21.8 Å². The maximum atomic E-state index is 13.7. The molecular weight excluding hydrogens is 546 g/mol. The molecule has 8 heteroatoms. The maximum absolute atomic E-state index is 13.7. The summed E-state index contributed by atoms with van der Waals surface area (Å²) in [6, 6.07) is 23.5. The van der Waals surface area contributed by atoms with Crippen LogP contribution in [0.5, 0.6) is 0 Å². The second-order valence-corrected chi connectivity index (χ2v) is 10.4. The molecule has 5 nitrogen and oxygen atoms in total. The van der Waals surface area contributed by atoms with Crippen LogP contribution in [0.3, 0.4) is 0 Å². The molecule has 1 atom stereocenters. The number of benzene rings is 3. The van der Waals surface area contributed by atoms with Crippen molar-refractivity contribution in [1.29, 1.82) is 0 Å². The van der Waals surface area contributed by atoms with Crippen molar-refractivity contribution in [2.24, 2.45) is 4.99 Å². The number of fused-ring (bicyclic) bond motifs is 1. The van der Waals surface area contributed by atoms with E-state index in [1.54, 1.807) is 23.6 Å². The Bertz CT molecular complexity index is 1620. The fourth-order valence-corrected chi connectivity index (χ4v) is 5.44. The third-order valence-corrected chi connectivity index (χ3v) is 7.42. The van der Waals surface area contributed by atoms with Gasteiger partial charge < -0.3 is 5.32 Å². The second kappa shape index (κ2) is 9.77. The van der Waals surface area contributed by atoms with Crippen molar-refractivity contribution in [3.8, 4) is 0 Å². The van der Waals surface area contributed by atoms with E-state index in [9.17, 15) is 9.59 Å². The molecular formula is C27H19BrClN3O2S. The first-order valence-corrected chi connectivity index (χ1v) is 12.8. The molecule has 1 aliphatic heterocycles. The summed E-state index contributed by atoms with van der Waals surface area (Å²) in [6.07, 6.45) is 1.85. The summed E-state index contributed by atoms with van der Waals surface area (Å²) in [7, 11) is 0. The Kier molecular flexibility index (Phi) is 6.56. The van der Waals surface area contributed by atoms with Crippen molar-refractivity contribution < 1.29 is 4.79 Å². The fraction of sp³-hybridized carbons (Fsp3) is 0.0741. The number of amides is 1. The van der Waals surface area contributed by atoms with Crippen molar-refractivity contribution in [1.82, 2.24) is 4.57 Å². The van der Waals surface area contributed by atoms with Crippen molar-refractivity contribution in [2.45, 2.75) is 13.0 Å². The van der Waals surface area contributed by atoms with E-state index < -0.39 is 6.04 Å². The molecule has 5 rings (SSSR count). The summed E-state index contributed by atoms with van der Waals surface area (Å²) in [5, 5.41) is 3.52. The number of rotatable bonds is 4. The first-order chi connectivity index (χ1) is 16.9. The number of aromatic nitrogens is 1. The molecule has 0 saturated carbocycles. The molecule has 1 aromatic heterocycles. The van der Waals surface area contributed by atoms with Gasteiger partial charge in [0.25, 0.3) is 11.5 Å². The highest BCUT2D eigenvalue weighted by Gasteiger charge is 2.32. The minimum absolute atomic E-state index is 0.200. The number of nitrogens with zero attached hydrogens (tertiary/aromatic N) is 2. The van der Waals surface area contributed by atoms with Crippen LogP contribution in [0.1, 0.15) is 24.1 Å². The molecule has 0 bridgehead atoms. The van der Waals surface area contributed by atoms with E-state index in [0.717, 1.165) is 15.6 Å². The number of halogens is 2. The lowest BCUT2D eigenvalue weighted by molar-refractivity contribution is -0.113. The largest absolute Gasteiger partial charge is 0.322 e. The molecule has 1 amide bonds. The van der Waals surface area contributed by atoms with Gasteiger partial charge in [-0.1, -0.05) is 81.3 Å². The topological polar surface area (TPSA) is 63.5 Å². The van der Waals surface area contributed by atoms with Gasteiger partial charge in [-0.25, -0.2) is 4.99 Å². The van der Waals surface area contributed by atoms with Gasteiger partial charge in [0, 0.05) is 15.2 Å². The third kappa shape index (κ3) is 4.80. The lowest BCUT2D eigenvalue weighted by Gasteiger charge is -2.25. The van der Waals surface area contributed by atoms with E-state index >= 15 is 0 Å². The van der Waals surface area contributed by atoms with Gasteiger partial charge in [0.2, 0.25) is 0 Å². The zero-order valence-corrected chi connectivity index (χ0v) is 21.7. The lowest BCUT2D eigenvalue weighted by Crippen LogP contribution is -2.40. The average molecular weight is 565 g/mol. The molecule has 35 heavy (non-hydrogen) atoms. The Morgan fingerprint density at radius 3 is 2.43 bits per heavy atom. The summed E-state index contributed by atoms with van der Waals surface area (Å²) in [5.74, 6) is -0.306. The molecule has 3 aromatic carbocycles. The predicted molar refractivity (Wildman–Crippen MR) is 144 cm³/mol. The summed E-state index contributed by atoms with van der Waals surface area (Å²) in [6.45, 7) is 1.80. The van der Waals surface area contributed by atoms with Crippen LogP contribution < -0.4 is 20.2 Å². The molecule has 1 N–H and O–H groups in total. The molecule has 1 unspecified atom stereocenters. The van der Waals surface area contributed by atoms with Crippen LogP contribution in [-0.4, -0.2) is 10.5 Å². The first-order valence-electron chi connectivity index (χ1n) is 10.8. The molecule has 174 valence electrons. The number of carbonyl (C=O) groups excluding carboxylic acids is 1. The molecule has 4 aromatic rings. The van der Waals surface area contributed by atoms with Crippen LogP contribution in [0.4, 0.5) is 5.69 Å². The molecule has 0 aliphatic carbocycles. The highest BCUT2D eigenvalue weighted by atomic mass is 79.9. The number of hydrogen-bond donors (Lipinski definition) is 1. The summed E-state index contributed by atoms with van der Waals surface area (Å²) >= 11 is 10.9. The molecule has 2 heterocycles. The number of anilines is 1. The third-order valence-electron chi connectivity index (χ3n) is 5.65. The molecule has 0 spiro atoms. The average Bonchev–Trinajstić information content (AvgIpc) is 3.15. The van der Waals surface area contributed by atoms with E-state index in [0.29, 0.717) is 31.3 Å². The van der Waals surface area contributed by atoms with Gasteiger partial charge in [-0.2, -0.15) is 0 Å². The van der Waals surface area contributed by atoms with E-state index in [4.69, 9.17) is 11.6 Å². The van der Waals surface area contributed by atoms with E-state index in [1.807, 2.05) is 72.8 Å². The van der Waals surface area contributed by atoms with Gasteiger partial charge >= 0.3 is 0 Å². The normalized spacial score (nSPS) is 15.5. The summed E-state index contributed by atoms with van der Waals surface area (Å²) in [5.41, 5.74) is 3.13. The zero-order valence-electron chi connectivity index (χ0n) is 18.5. The van der Waals surface area contributed by atoms with E-state index in [-0.39, 0.29) is 11.5 Å². The van der Waals surface area contributed by atoms with Crippen molar-refractivity contribution >= 4 is 56.5 Å². The van der Waals surface area contributed by atoms with Crippen molar-refractivity contribution in [2.75, 3.05) is 5.32 Å². The van der Waals surface area contributed by atoms with E-state index in [2.05, 4.69) is 26.2 Å². The smallest absolute Gasteiger partial charge is 0.271 e. The number of hydrogen-bond acceptors (Lipinski definition) is 4. The number of thiazole rings is 1. The van der Waals surface area contributed by atoms with Gasteiger partial charge in [-0.05, 0) is 60.5 Å². The van der Waals surface area contributed by atoms with Gasteiger partial charge in [0.1, 0.15) is 0 Å². The predicted octanol–water partition coefficient (Wildman–Crippen LogP) is 5.29. The standard InChI is InChI=1S/C27H19BrClN3O2S/c1-16-23(25(33)31-21-5-3-2-4-6-21)24(18-9-13-20(29)14-10-18)32-26(34)22(35-27(32)30-16)15-17-7-11-19(28)12-8-17/h2-15,24H,1H3,(H,31,33)/b22-15-.